The molecule has 1 aliphatic carbocycles. The predicted octanol–water partition coefficient (Wildman–Crippen LogP) is -1.83. The van der Waals surface area contributed by atoms with Crippen LogP contribution in [-0.4, -0.2) is 94.7 Å². The molecule has 0 spiro atoms. The SMILES string of the molecule is CC(N(C1CCOC1)S(=O)(=O)N1C[C@H](CCCB(O)O)[C@](N)(C(=O)O)C1)C1(N)CC1. The summed E-state index contributed by atoms with van der Waals surface area (Å²) in [5.41, 5.74) is 10.2. The summed E-state index contributed by atoms with van der Waals surface area (Å²) in [6.45, 7) is 2.15. The van der Waals surface area contributed by atoms with Crippen LogP contribution in [0.25, 0.3) is 0 Å². The number of rotatable bonds is 10. The highest BCUT2D eigenvalue weighted by Crippen LogP contribution is 2.42. The Morgan fingerprint density at radius 1 is 1.37 bits per heavy atom. The molecule has 4 atom stereocenters. The van der Waals surface area contributed by atoms with E-state index in [0.717, 1.165) is 17.1 Å². The van der Waals surface area contributed by atoms with Gasteiger partial charge in [0.2, 0.25) is 0 Å². The summed E-state index contributed by atoms with van der Waals surface area (Å²) < 4.78 is 35.4. The molecule has 2 unspecified atom stereocenters. The zero-order valence-corrected chi connectivity index (χ0v) is 18.1. The Bertz CT molecular complexity index is 744. The number of carboxylic acids is 1. The minimum atomic E-state index is -4.04. The van der Waals surface area contributed by atoms with Crippen molar-refractivity contribution in [3.63, 3.8) is 0 Å². The summed E-state index contributed by atoms with van der Waals surface area (Å²) in [6.07, 6.45) is 2.68. The van der Waals surface area contributed by atoms with Gasteiger partial charge in [0.25, 0.3) is 10.2 Å². The third-order valence-corrected chi connectivity index (χ3v) is 8.98. The monoisotopic (exact) mass is 448 g/mol. The van der Waals surface area contributed by atoms with Crippen molar-refractivity contribution in [1.29, 1.82) is 0 Å². The zero-order chi connectivity index (χ0) is 22.3. The smallest absolute Gasteiger partial charge is 0.451 e. The number of nitrogens with two attached hydrogens (primary N) is 2. The number of ether oxygens (including phenoxy) is 1. The zero-order valence-electron chi connectivity index (χ0n) is 17.3. The summed E-state index contributed by atoms with van der Waals surface area (Å²) in [5.74, 6) is -1.91. The largest absolute Gasteiger partial charge is 0.480 e. The van der Waals surface area contributed by atoms with Crippen LogP contribution < -0.4 is 11.5 Å². The first-order valence-corrected chi connectivity index (χ1v) is 11.8. The van der Waals surface area contributed by atoms with E-state index in [4.69, 9.17) is 26.3 Å². The highest BCUT2D eigenvalue weighted by atomic mass is 32.2. The van der Waals surface area contributed by atoms with Crippen LogP contribution in [0.2, 0.25) is 6.32 Å². The van der Waals surface area contributed by atoms with Crippen molar-refractivity contribution in [1.82, 2.24) is 8.61 Å². The van der Waals surface area contributed by atoms with E-state index >= 15 is 0 Å². The summed E-state index contributed by atoms with van der Waals surface area (Å²) in [7, 11) is -5.54. The van der Waals surface area contributed by atoms with Crippen LogP contribution >= 0.6 is 0 Å². The number of hydrogen-bond donors (Lipinski definition) is 5. The lowest BCUT2D eigenvalue weighted by atomic mass is 9.78. The van der Waals surface area contributed by atoms with E-state index in [1.54, 1.807) is 6.92 Å². The molecular weight excluding hydrogens is 415 g/mol. The van der Waals surface area contributed by atoms with Crippen LogP contribution in [0.4, 0.5) is 0 Å². The maximum absolute atomic E-state index is 13.7. The highest BCUT2D eigenvalue weighted by molar-refractivity contribution is 7.86. The number of carbonyl (C=O) groups is 1. The average molecular weight is 448 g/mol. The fraction of sp³-hybridized carbons (Fsp3) is 0.941. The molecule has 13 heteroatoms. The van der Waals surface area contributed by atoms with E-state index in [0.29, 0.717) is 19.4 Å². The molecule has 0 aromatic carbocycles. The number of carboxylic acid groups (broad SMARTS) is 1. The minimum absolute atomic E-state index is 0.0406. The first-order valence-electron chi connectivity index (χ1n) is 10.5. The molecule has 2 saturated heterocycles. The number of aliphatic carboxylic acids is 1. The Morgan fingerprint density at radius 3 is 2.53 bits per heavy atom. The van der Waals surface area contributed by atoms with Gasteiger partial charge >= 0.3 is 13.1 Å². The fourth-order valence-corrected chi connectivity index (χ4v) is 6.75. The highest BCUT2D eigenvalue weighted by Gasteiger charge is 2.57. The third kappa shape index (κ3) is 4.53. The van der Waals surface area contributed by atoms with E-state index in [2.05, 4.69) is 0 Å². The first-order chi connectivity index (χ1) is 13.9. The number of nitrogens with zero attached hydrogens (tertiary/aromatic N) is 2. The van der Waals surface area contributed by atoms with E-state index in [9.17, 15) is 18.3 Å². The minimum Gasteiger partial charge on any atom is -0.480 e. The normalized spacial score (nSPS) is 32.5. The van der Waals surface area contributed by atoms with Gasteiger partial charge in [-0.1, -0.05) is 6.42 Å². The van der Waals surface area contributed by atoms with Crippen molar-refractivity contribution in [3.05, 3.63) is 0 Å². The Balaban J connectivity index is 1.84. The lowest BCUT2D eigenvalue weighted by Crippen LogP contribution is -2.59. The van der Waals surface area contributed by atoms with Gasteiger partial charge < -0.3 is 31.4 Å². The second-order valence-corrected chi connectivity index (χ2v) is 10.8. The van der Waals surface area contributed by atoms with Crippen molar-refractivity contribution < 1.29 is 33.1 Å². The molecule has 3 rings (SSSR count). The molecule has 1 saturated carbocycles. The molecule has 2 aliphatic heterocycles. The Labute approximate surface area is 177 Å². The van der Waals surface area contributed by atoms with E-state index in [1.807, 2.05) is 0 Å². The molecular formula is C17H33BN4O7S. The van der Waals surface area contributed by atoms with Gasteiger partial charge in [-0.2, -0.15) is 17.0 Å². The van der Waals surface area contributed by atoms with Gasteiger partial charge in [0.05, 0.1) is 12.6 Å². The lowest BCUT2D eigenvalue weighted by Gasteiger charge is -2.38. The molecule has 11 nitrogen and oxygen atoms in total. The van der Waals surface area contributed by atoms with Crippen LogP contribution in [-0.2, 0) is 19.7 Å². The van der Waals surface area contributed by atoms with Crippen molar-refractivity contribution >= 4 is 23.3 Å². The molecule has 0 radical (unpaired) electrons. The van der Waals surface area contributed by atoms with E-state index in [-0.39, 0.29) is 38.5 Å². The standard InChI is InChI=1S/C17H33BN4O7S/c1-12(16(19)5-6-16)22(14-4-8-29-10-14)30(27,28)21-9-13(3-2-7-18(25)26)17(20,11-21)15(23)24/h12-14,25-26H,2-11,19-20H2,1H3,(H,23,24)/t12?,13-,14?,17-/m0/s1. The van der Waals surface area contributed by atoms with Gasteiger partial charge in [-0.3, -0.25) is 4.79 Å². The van der Waals surface area contributed by atoms with Gasteiger partial charge in [-0.25, -0.2) is 0 Å². The van der Waals surface area contributed by atoms with Crippen LogP contribution in [0.1, 0.15) is 39.0 Å². The maximum atomic E-state index is 13.7. The second kappa shape index (κ2) is 8.62. The Kier molecular flexibility index (Phi) is 6.86. The molecule has 172 valence electrons. The molecule has 0 aromatic heterocycles. The molecule has 0 bridgehead atoms. The summed E-state index contributed by atoms with van der Waals surface area (Å²) in [4.78, 5) is 11.9. The van der Waals surface area contributed by atoms with Crippen LogP contribution in [0.15, 0.2) is 0 Å². The van der Waals surface area contributed by atoms with Crippen molar-refractivity contribution in [2.75, 3.05) is 26.3 Å². The fourth-order valence-electron chi connectivity index (χ4n) is 4.58. The molecule has 3 aliphatic rings. The third-order valence-electron chi connectivity index (χ3n) is 6.90. The van der Waals surface area contributed by atoms with Gasteiger partial charge in [-0.15, -0.1) is 0 Å². The lowest BCUT2D eigenvalue weighted by molar-refractivity contribution is -0.144. The molecule has 3 fully saturated rings. The topological polar surface area (TPSA) is 180 Å². The van der Waals surface area contributed by atoms with Crippen LogP contribution in [0, 0.1) is 5.92 Å². The van der Waals surface area contributed by atoms with Gasteiger partial charge in [0.1, 0.15) is 5.54 Å². The van der Waals surface area contributed by atoms with Crippen molar-refractivity contribution in [2.45, 2.75) is 68.5 Å². The molecule has 2 heterocycles. The average Bonchev–Trinajstić information content (AvgIpc) is 3.05. The molecule has 7 N–H and O–H groups in total. The van der Waals surface area contributed by atoms with Gasteiger partial charge in [-0.05, 0) is 38.9 Å². The van der Waals surface area contributed by atoms with Gasteiger partial charge in [0, 0.05) is 37.2 Å². The van der Waals surface area contributed by atoms with Crippen molar-refractivity contribution in [2.24, 2.45) is 17.4 Å². The quantitative estimate of drug-likeness (QED) is 0.240. The summed E-state index contributed by atoms with van der Waals surface area (Å²) in [5, 5.41) is 27.8. The van der Waals surface area contributed by atoms with E-state index in [1.165, 1.54) is 4.31 Å². The molecule has 0 aromatic rings. The maximum Gasteiger partial charge on any atom is 0.451 e. The molecule has 30 heavy (non-hydrogen) atoms. The van der Waals surface area contributed by atoms with Gasteiger partial charge in [0.15, 0.2) is 0 Å². The van der Waals surface area contributed by atoms with Crippen LogP contribution in [0.5, 0.6) is 0 Å². The number of hydrogen-bond acceptors (Lipinski definition) is 8. The Morgan fingerprint density at radius 2 is 2.03 bits per heavy atom. The first kappa shape index (κ1) is 23.9. The Hall–Kier alpha value is -0.795. The second-order valence-electron chi connectivity index (χ2n) is 9.01. The molecule has 0 amide bonds. The summed E-state index contributed by atoms with van der Waals surface area (Å²) >= 11 is 0. The predicted molar refractivity (Wildman–Crippen MR) is 109 cm³/mol. The van der Waals surface area contributed by atoms with Crippen LogP contribution in [0.3, 0.4) is 0 Å². The van der Waals surface area contributed by atoms with Crippen molar-refractivity contribution in [3.8, 4) is 0 Å². The summed E-state index contributed by atoms with van der Waals surface area (Å²) in [6, 6.07) is -0.804. The van der Waals surface area contributed by atoms with E-state index < -0.39 is 46.3 Å².